The quantitative estimate of drug-likeness (QED) is 0.857. The molecule has 1 N–H and O–H groups in total. The zero-order valence-corrected chi connectivity index (χ0v) is 10.1. The van der Waals surface area contributed by atoms with Crippen LogP contribution in [0.4, 0.5) is 5.82 Å². The Hall–Kier alpha value is -1.62. The number of fused-ring (bicyclic) bond motifs is 3. The number of hydrogen-bond acceptors (Lipinski definition) is 4. The highest BCUT2D eigenvalue weighted by atomic mass is 16.5. The Balaban J connectivity index is 2.18. The molecule has 0 saturated carbocycles. The van der Waals surface area contributed by atoms with Gasteiger partial charge in [-0.05, 0) is 19.9 Å². The zero-order valence-electron chi connectivity index (χ0n) is 10.1. The van der Waals surface area contributed by atoms with Gasteiger partial charge in [0.1, 0.15) is 11.8 Å². The summed E-state index contributed by atoms with van der Waals surface area (Å²) < 4.78 is 7.71. The maximum Gasteiger partial charge on any atom is 0.154 e. The van der Waals surface area contributed by atoms with E-state index in [1.54, 1.807) is 6.33 Å². The molecular formula is C12H16N4O. The lowest BCUT2D eigenvalue weighted by Gasteiger charge is -2.18. The van der Waals surface area contributed by atoms with Gasteiger partial charge in [0.2, 0.25) is 0 Å². The Morgan fingerprint density at radius 3 is 3.12 bits per heavy atom. The van der Waals surface area contributed by atoms with Gasteiger partial charge in [-0.25, -0.2) is 9.97 Å². The molecule has 0 radical (unpaired) electrons. The summed E-state index contributed by atoms with van der Waals surface area (Å²) in [6.45, 7) is 6.51. The summed E-state index contributed by atoms with van der Waals surface area (Å²) in [5.74, 6) is 0.915. The van der Waals surface area contributed by atoms with Crippen LogP contribution in [0.3, 0.4) is 0 Å². The second-order valence-corrected chi connectivity index (χ2v) is 4.60. The minimum atomic E-state index is 0.360. The molecule has 0 spiro atoms. The van der Waals surface area contributed by atoms with E-state index in [1.807, 2.05) is 0 Å². The number of hydrogen-bond donors (Lipinski definition) is 1. The molecule has 0 unspecified atom stereocenters. The Labute approximate surface area is 99.8 Å². The van der Waals surface area contributed by atoms with Crippen LogP contribution in [0.25, 0.3) is 11.0 Å². The van der Waals surface area contributed by atoms with Crippen LogP contribution < -0.4 is 5.32 Å². The molecule has 3 heterocycles. The van der Waals surface area contributed by atoms with Crippen molar-refractivity contribution in [2.45, 2.75) is 33.0 Å². The first-order chi connectivity index (χ1) is 8.25. The highest BCUT2D eigenvalue weighted by Crippen LogP contribution is 2.26. The van der Waals surface area contributed by atoms with Crippen LogP contribution in [0, 0.1) is 0 Å². The number of rotatable bonds is 2. The molecule has 5 heteroatoms. The van der Waals surface area contributed by atoms with Crippen LogP contribution in [-0.2, 0) is 17.9 Å². The fraction of sp³-hybridized carbons (Fsp3) is 0.500. The number of nitrogens with one attached hydrogen (secondary N) is 1. The van der Waals surface area contributed by atoms with Crippen molar-refractivity contribution in [2.75, 3.05) is 11.9 Å². The van der Waals surface area contributed by atoms with Crippen molar-refractivity contribution >= 4 is 16.9 Å². The fourth-order valence-electron chi connectivity index (χ4n) is 2.23. The summed E-state index contributed by atoms with van der Waals surface area (Å²) in [4.78, 5) is 8.67. The van der Waals surface area contributed by atoms with E-state index < -0.39 is 0 Å². The van der Waals surface area contributed by atoms with E-state index in [1.165, 1.54) is 5.69 Å². The molecule has 0 aromatic carbocycles. The number of anilines is 1. The minimum absolute atomic E-state index is 0.360. The molecule has 1 aliphatic heterocycles. The molecule has 17 heavy (non-hydrogen) atoms. The smallest absolute Gasteiger partial charge is 0.154 e. The average Bonchev–Trinajstić information content (AvgIpc) is 2.67. The van der Waals surface area contributed by atoms with Gasteiger partial charge in [-0.1, -0.05) is 0 Å². The number of aromatic nitrogens is 3. The van der Waals surface area contributed by atoms with Crippen LogP contribution in [0.1, 0.15) is 19.5 Å². The Morgan fingerprint density at radius 2 is 2.29 bits per heavy atom. The van der Waals surface area contributed by atoms with Crippen LogP contribution in [0.2, 0.25) is 0 Å². The van der Waals surface area contributed by atoms with E-state index in [0.717, 1.165) is 30.0 Å². The molecule has 0 amide bonds. The lowest BCUT2D eigenvalue weighted by molar-refractivity contribution is 0.0865. The first kappa shape index (κ1) is 10.5. The zero-order chi connectivity index (χ0) is 11.8. The molecule has 5 nitrogen and oxygen atoms in total. The summed E-state index contributed by atoms with van der Waals surface area (Å²) in [7, 11) is 0. The van der Waals surface area contributed by atoms with Crippen LogP contribution in [0.15, 0.2) is 12.4 Å². The molecule has 0 atom stereocenters. The topological polar surface area (TPSA) is 52.0 Å². The number of ether oxygens (including phenoxy) is 1. The Bertz CT molecular complexity index is 547. The third kappa shape index (κ3) is 1.76. The van der Waals surface area contributed by atoms with Gasteiger partial charge >= 0.3 is 0 Å². The Morgan fingerprint density at radius 1 is 1.41 bits per heavy atom. The van der Waals surface area contributed by atoms with Gasteiger partial charge in [-0.2, -0.15) is 0 Å². The molecule has 0 aliphatic carbocycles. The molecule has 1 aliphatic rings. The van der Waals surface area contributed by atoms with Gasteiger partial charge in [0.15, 0.2) is 5.82 Å². The van der Waals surface area contributed by atoms with Crippen molar-refractivity contribution in [1.82, 2.24) is 14.5 Å². The van der Waals surface area contributed by atoms with E-state index in [-0.39, 0.29) is 0 Å². The maximum absolute atomic E-state index is 5.46. The van der Waals surface area contributed by atoms with Gasteiger partial charge in [0, 0.05) is 18.3 Å². The summed E-state index contributed by atoms with van der Waals surface area (Å²) in [5.41, 5.74) is 3.27. The third-order valence-electron chi connectivity index (χ3n) is 2.91. The SMILES string of the molecule is CC(C)Nc1ncnc2cc3n(c12)CCOC3. The highest BCUT2D eigenvalue weighted by molar-refractivity contribution is 5.87. The van der Waals surface area contributed by atoms with Crippen LogP contribution >= 0.6 is 0 Å². The van der Waals surface area contributed by atoms with Crippen molar-refractivity contribution in [2.24, 2.45) is 0 Å². The second-order valence-electron chi connectivity index (χ2n) is 4.60. The predicted molar refractivity (Wildman–Crippen MR) is 65.9 cm³/mol. The van der Waals surface area contributed by atoms with E-state index in [9.17, 15) is 0 Å². The lowest BCUT2D eigenvalue weighted by Crippen LogP contribution is -2.18. The lowest BCUT2D eigenvalue weighted by atomic mass is 10.3. The summed E-state index contributed by atoms with van der Waals surface area (Å²) in [6.07, 6.45) is 1.61. The van der Waals surface area contributed by atoms with Crippen molar-refractivity contribution in [3.8, 4) is 0 Å². The normalized spacial score (nSPS) is 15.2. The molecule has 0 bridgehead atoms. The van der Waals surface area contributed by atoms with Crippen molar-refractivity contribution in [3.63, 3.8) is 0 Å². The first-order valence-electron chi connectivity index (χ1n) is 5.93. The predicted octanol–water partition coefficient (Wildman–Crippen LogP) is 1.78. The summed E-state index contributed by atoms with van der Waals surface area (Å²) in [5, 5.41) is 3.37. The molecule has 3 rings (SSSR count). The average molecular weight is 232 g/mol. The van der Waals surface area contributed by atoms with Crippen LogP contribution in [-0.4, -0.2) is 27.2 Å². The largest absolute Gasteiger partial charge is 0.373 e. The highest BCUT2D eigenvalue weighted by Gasteiger charge is 2.17. The molecule has 2 aromatic heterocycles. The van der Waals surface area contributed by atoms with Gasteiger partial charge in [-0.15, -0.1) is 0 Å². The first-order valence-corrected chi connectivity index (χ1v) is 5.93. The van der Waals surface area contributed by atoms with E-state index >= 15 is 0 Å². The third-order valence-corrected chi connectivity index (χ3v) is 2.91. The molecule has 0 fully saturated rings. The van der Waals surface area contributed by atoms with Gasteiger partial charge in [-0.3, -0.25) is 0 Å². The van der Waals surface area contributed by atoms with Crippen molar-refractivity contribution in [3.05, 3.63) is 18.1 Å². The second kappa shape index (κ2) is 4.00. The maximum atomic E-state index is 5.46. The fourth-order valence-corrected chi connectivity index (χ4v) is 2.23. The minimum Gasteiger partial charge on any atom is -0.373 e. The standard InChI is InChI=1S/C12H16N4O/c1-8(2)15-12-11-10(13-7-14-12)5-9-6-17-4-3-16(9)11/h5,7-8H,3-4,6H2,1-2H3,(H,13,14,15). The molecule has 2 aromatic rings. The monoisotopic (exact) mass is 232 g/mol. The Kier molecular flexibility index (Phi) is 2.48. The van der Waals surface area contributed by atoms with E-state index in [0.29, 0.717) is 12.6 Å². The van der Waals surface area contributed by atoms with E-state index in [4.69, 9.17) is 4.74 Å². The van der Waals surface area contributed by atoms with Gasteiger partial charge in [0.05, 0.1) is 18.7 Å². The van der Waals surface area contributed by atoms with Gasteiger partial charge < -0.3 is 14.6 Å². The molecular weight excluding hydrogens is 216 g/mol. The van der Waals surface area contributed by atoms with Crippen molar-refractivity contribution < 1.29 is 4.74 Å². The molecule has 90 valence electrons. The van der Waals surface area contributed by atoms with Gasteiger partial charge in [0.25, 0.3) is 0 Å². The van der Waals surface area contributed by atoms with E-state index in [2.05, 4.69) is 39.8 Å². The summed E-state index contributed by atoms with van der Waals surface area (Å²) >= 11 is 0. The molecule has 0 saturated heterocycles. The summed E-state index contributed by atoms with van der Waals surface area (Å²) in [6, 6.07) is 2.45. The van der Waals surface area contributed by atoms with Crippen molar-refractivity contribution in [1.29, 1.82) is 0 Å². The van der Waals surface area contributed by atoms with Crippen LogP contribution in [0.5, 0.6) is 0 Å². The number of nitrogens with zero attached hydrogens (tertiary/aromatic N) is 3.